The van der Waals surface area contributed by atoms with E-state index in [9.17, 15) is 19.8 Å². The average molecular weight is 500 g/mol. The average Bonchev–Trinajstić information content (AvgIpc) is 3.31. The Labute approximate surface area is 211 Å². The number of hydrogen-bond donors (Lipinski definition) is 3. The molecule has 6 aliphatic rings. The Morgan fingerprint density at radius 1 is 1.03 bits per heavy atom. The summed E-state index contributed by atoms with van der Waals surface area (Å²) in [6, 6.07) is 3.28. The molecule has 6 fully saturated rings. The number of carboxylic acid groups (broad SMARTS) is 1. The lowest BCUT2D eigenvalue weighted by atomic mass is 9.52. The van der Waals surface area contributed by atoms with Gasteiger partial charge in [0.1, 0.15) is 16.9 Å². The van der Waals surface area contributed by atoms with Crippen LogP contribution in [0.25, 0.3) is 0 Å². The van der Waals surface area contributed by atoms with E-state index in [4.69, 9.17) is 4.98 Å². The molecule has 2 heterocycles. The molecule has 190 valence electrons. The number of aromatic nitrogens is 1. The van der Waals surface area contributed by atoms with Crippen LogP contribution in [0.1, 0.15) is 87.4 Å². The minimum Gasteiger partial charge on any atom is -0.480 e. The van der Waals surface area contributed by atoms with Gasteiger partial charge in [-0.05, 0) is 87.7 Å². The fraction of sp³-hybridized carbons (Fsp3) is 0.741. The van der Waals surface area contributed by atoms with Crippen molar-refractivity contribution in [2.75, 3.05) is 11.4 Å². The predicted molar refractivity (Wildman–Crippen MR) is 135 cm³/mol. The first-order valence-corrected chi connectivity index (χ1v) is 14.5. The van der Waals surface area contributed by atoms with Crippen molar-refractivity contribution in [2.45, 2.75) is 105 Å². The zero-order valence-corrected chi connectivity index (χ0v) is 21.1. The van der Waals surface area contributed by atoms with Gasteiger partial charge in [0, 0.05) is 17.8 Å². The van der Waals surface area contributed by atoms with Crippen molar-refractivity contribution >= 4 is 29.5 Å². The second-order valence-electron chi connectivity index (χ2n) is 11.8. The van der Waals surface area contributed by atoms with E-state index in [-0.39, 0.29) is 11.9 Å². The highest BCUT2D eigenvalue weighted by Gasteiger charge is 2.55. The molecule has 7 rings (SSSR count). The van der Waals surface area contributed by atoms with E-state index in [1.807, 2.05) is 17.0 Å². The van der Waals surface area contributed by atoms with Gasteiger partial charge in [0.15, 0.2) is 0 Å². The van der Waals surface area contributed by atoms with Crippen LogP contribution in [0.15, 0.2) is 17.2 Å². The Morgan fingerprint density at radius 2 is 1.77 bits per heavy atom. The summed E-state index contributed by atoms with van der Waals surface area (Å²) in [6.45, 7) is 0.679. The van der Waals surface area contributed by atoms with Crippen LogP contribution in [0.3, 0.4) is 0 Å². The fourth-order valence-electron chi connectivity index (χ4n) is 7.94. The molecule has 7 nitrogen and oxygen atoms in total. The van der Waals surface area contributed by atoms with Crippen LogP contribution >= 0.6 is 11.8 Å². The number of hydrogen-bond acceptors (Lipinski definition) is 6. The van der Waals surface area contributed by atoms with Crippen molar-refractivity contribution in [3.05, 3.63) is 17.7 Å². The van der Waals surface area contributed by atoms with Gasteiger partial charge in [0.05, 0.1) is 11.2 Å². The van der Waals surface area contributed by atoms with E-state index in [0.717, 1.165) is 56.4 Å². The van der Waals surface area contributed by atoms with E-state index in [1.165, 1.54) is 19.3 Å². The standard InChI is InChI=1S/C27H37N3O4S/c31-24(29-23-17-11-16-12-18(23)15-27(34,13-16)14-17)20-8-9-22(30-10-4-7-21(30)26(32)33)28-25(20)35-19-5-2-1-3-6-19/h8-9,16-19,21,23,34H,1-7,10-15H2,(H,29,31)(H,32,33)/t16?,17?,18?,21-,23-,27-/m0/s1. The van der Waals surface area contributed by atoms with Crippen molar-refractivity contribution < 1.29 is 19.8 Å². The van der Waals surface area contributed by atoms with Gasteiger partial charge in [-0.3, -0.25) is 4.79 Å². The molecule has 35 heavy (non-hydrogen) atoms. The van der Waals surface area contributed by atoms with Gasteiger partial charge in [-0.25, -0.2) is 9.78 Å². The Morgan fingerprint density at radius 3 is 2.46 bits per heavy atom. The largest absolute Gasteiger partial charge is 0.480 e. The second kappa shape index (κ2) is 9.25. The van der Waals surface area contributed by atoms with Crippen molar-refractivity contribution in [3.63, 3.8) is 0 Å². The minimum absolute atomic E-state index is 0.0666. The van der Waals surface area contributed by atoms with Crippen LogP contribution in [0.4, 0.5) is 5.82 Å². The maximum Gasteiger partial charge on any atom is 0.326 e. The first-order chi connectivity index (χ1) is 16.9. The molecule has 0 radical (unpaired) electrons. The lowest BCUT2D eigenvalue weighted by Gasteiger charge is -2.58. The van der Waals surface area contributed by atoms with Gasteiger partial charge in [-0.2, -0.15) is 0 Å². The topological polar surface area (TPSA) is 103 Å². The molecule has 1 aliphatic heterocycles. The van der Waals surface area contributed by atoms with Crippen LogP contribution in [0, 0.1) is 17.8 Å². The highest BCUT2D eigenvalue weighted by Crippen LogP contribution is 2.55. The Bertz CT molecular complexity index is 981. The molecule has 1 amide bonds. The molecule has 4 bridgehead atoms. The minimum atomic E-state index is -0.809. The van der Waals surface area contributed by atoms with Crippen LogP contribution in [0.2, 0.25) is 0 Å². The molecule has 3 atom stereocenters. The van der Waals surface area contributed by atoms with Crippen LogP contribution in [-0.4, -0.2) is 56.6 Å². The van der Waals surface area contributed by atoms with E-state index < -0.39 is 17.6 Å². The van der Waals surface area contributed by atoms with Gasteiger partial charge in [-0.15, -0.1) is 11.8 Å². The van der Waals surface area contributed by atoms with Gasteiger partial charge in [0.25, 0.3) is 5.91 Å². The Balaban J connectivity index is 1.25. The summed E-state index contributed by atoms with van der Waals surface area (Å²) in [5.41, 5.74) is 0.0993. The second-order valence-corrected chi connectivity index (χ2v) is 13.1. The number of thioether (sulfide) groups is 1. The van der Waals surface area contributed by atoms with Crippen LogP contribution in [-0.2, 0) is 4.79 Å². The molecule has 0 aromatic carbocycles. The van der Waals surface area contributed by atoms with Gasteiger partial charge < -0.3 is 20.4 Å². The number of carboxylic acids is 1. The summed E-state index contributed by atoms with van der Waals surface area (Å²) in [7, 11) is 0. The van der Waals surface area contributed by atoms with Crippen molar-refractivity contribution in [2.24, 2.45) is 17.8 Å². The summed E-state index contributed by atoms with van der Waals surface area (Å²) in [5.74, 6) is 1.11. The molecule has 0 spiro atoms. The summed E-state index contributed by atoms with van der Waals surface area (Å²) in [4.78, 5) is 32.2. The van der Waals surface area contributed by atoms with Crippen molar-refractivity contribution in [1.29, 1.82) is 0 Å². The third kappa shape index (κ3) is 4.57. The highest BCUT2D eigenvalue weighted by atomic mass is 32.2. The van der Waals surface area contributed by atoms with Crippen LogP contribution < -0.4 is 10.2 Å². The maximum atomic E-state index is 13.6. The third-order valence-electron chi connectivity index (χ3n) is 9.29. The number of rotatable bonds is 6. The normalized spacial score (nSPS) is 36.5. The molecule has 5 saturated carbocycles. The Kier molecular flexibility index (Phi) is 6.24. The number of carbonyl (C=O) groups excluding carboxylic acids is 1. The number of pyridine rings is 1. The maximum absolute atomic E-state index is 13.6. The lowest BCUT2D eigenvalue weighted by molar-refractivity contribution is -0.138. The molecule has 8 heteroatoms. The molecule has 3 N–H and O–H groups in total. The summed E-state index contributed by atoms with van der Waals surface area (Å²) >= 11 is 1.71. The lowest BCUT2D eigenvalue weighted by Crippen LogP contribution is -2.61. The Hall–Kier alpha value is -1.80. The highest BCUT2D eigenvalue weighted by molar-refractivity contribution is 7.99. The first kappa shape index (κ1) is 23.6. The number of nitrogens with zero attached hydrogens (tertiary/aromatic N) is 2. The fourth-order valence-corrected chi connectivity index (χ4v) is 9.26. The number of aliphatic hydroxyl groups is 1. The predicted octanol–water partition coefficient (Wildman–Crippen LogP) is 4.23. The quantitative estimate of drug-likeness (QED) is 0.538. The molecule has 1 aromatic heterocycles. The number of amides is 1. The monoisotopic (exact) mass is 499 g/mol. The number of anilines is 1. The zero-order chi connectivity index (χ0) is 24.2. The first-order valence-electron chi connectivity index (χ1n) is 13.6. The number of carbonyl (C=O) groups is 2. The van der Waals surface area contributed by atoms with E-state index in [1.54, 1.807) is 11.8 Å². The summed E-state index contributed by atoms with van der Waals surface area (Å²) < 4.78 is 0. The molecule has 5 aliphatic carbocycles. The van der Waals surface area contributed by atoms with Gasteiger partial charge in [0.2, 0.25) is 0 Å². The number of nitrogens with one attached hydrogen (secondary N) is 1. The van der Waals surface area contributed by atoms with Gasteiger partial charge in [-0.1, -0.05) is 19.3 Å². The number of aliphatic carboxylic acids is 1. The molecule has 1 aromatic rings. The molecular weight excluding hydrogens is 462 g/mol. The van der Waals surface area contributed by atoms with E-state index in [2.05, 4.69) is 5.32 Å². The smallest absolute Gasteiger partial charge is 0.326 e. The van der Waals surface area contributed by atoms with Crippen molar-refractivity contribution in [3.8, 4) is 0 Å². The molecule has 2 unspecified atom stereocenters. The van der Waals surface area contributed by atoms with Gasteiger partial charge >= 0.3 is 5.97 Å². The molecule has 1 saturated heterocycles. The van der Waals surface area contributed by atoms with Crippen molar-refractivity contribution in [1.82, 2.24) is 10.3 Å². The zero-order valence-electron chi connectivity index (χ0n) is 20.3. The summed E-state index contributed by atoms with van der Waals surface area (Å²) in [6.07, 6.45) is 12.2. The molecular formula is C27H37N3O4S. The SMILES string of the molecule is O=C(N[C@H]1C2CC3CC1C[C@](O)(C3)C2)c1ccc(N2CCC[C@H]2C(=O)O)nc1SC1CCCCC1. The van der Waals surface area contributed by atoms with E-state index >= 15 is 0 Å². The third-order valence-corrected chi connectivity index (χ3v) is 10.6. The summed E-state index contributed by atoms with van der Waals surface area (Å²) in [5, 5.41) is 25.1. The van der Waals surface area contributed by atoms with Crippen LogP contribution in [0.5, 0.6) is 0 Å². The van der Waals surface area contributed by atoms with E-state index in [0.29, 0.717) is 47.4 Å².